The van der Waals surface area contributed by atoms with Crippen LogP contribution >= 0.6 is 11.8 Å². The minimum Gasteiger partial charge on any atom is -0.288 e. The number of carbonyl (C=O) groups is 2. The van der Waals surface area contributed by atoms with Crippen molar-refractivity contribution in [1.29, 1.82) is 0 Å². The van der Waals surface area contributed by atoms with E-state index in [0.717, 1.165) is 16.7 Å². The quantitative estimate of drug-likeness (QED) is 0.563. The Kier molecular flexibility index (Phi) is 4.31. The number of rotatable bonds is 4. The highest BCUT2D eigenvalue weighted by Crippen LogP contribution is 2.34. The average Bonchev–Trinajstić information content (AvgIpc) is 2.93. The molecule has 2 aromatic rings. The zero-order valence-electron chi connectivity index (χ0n) is 12.1. The van der Waals surface area contributed by atoms with Crippen molar-refractivity contribution in [3.63, 3.8) is 0 Å². The second kappa shape index (κ2) is 6.27. The van der Waals surface area contributed by atoms with Gasteiger partial charge in [0, 0.05) is 22.6 Å². The SMILES string of the molecule is O=C1Cc2cc(S(=O)(=O)Nc3ccc(C(=O)NO)cc3)ccc2S1. The standard InChI is InChI=1S/C15H12N2O5S2/c18-14-8-10-7-12(5-6-13(10)23-14)24(21,22)17-11-3-1-9(2-4-11)15(19)16-20/h1-7,17,20H,8H2,(H,16,19). The molecule has 9 heteroatoms. The van der Waals surface area contributed by atoms with Crippen LogP contribution in [0.25, 0.3) is 0 Å². The highest BCUT2D eigenvalue weighted by molar-refractivity contribution is 8.14. The third-order valence-corrected chi connectivity index (χ3v) is 5.77. The number of nitrogens with one attached hydrogen (secondary N) is 2. The molecule has 0 radical (unpaired) electrons. The van der Waals surface area contributed by atoms with Crippen molar-refractivity contribution < 1.29 is 23.2 Å². The molecule has 7 nitrogen and oxygen atoms in total. The van der Waals surface area contributed by atoms with Crippen LogP contribution in [0.15, 0.2) is 52.3 Å². The Labute approximate surface area is 142 Å². The van der Waals surface area contributed by atoms with Gasteiger partial charge >= 0.3 is 0 Å². The number of amides is 1. The van der Waals surface area contributed by atoms with Crippen LogP contribution in [0, 0.1) is 0 Å². The Hall–Kier alpha value is -2.36. The van der Waals surface area contributed by atoms with Crippen molar-refractivity contribution in [3.8, 4) is 0 Å². The van der Waals surface area contributed by atoms with Crippen molar-refractivity contribution in [3.05, 3.63) is 53.6 Å². The Morgan fingerprint density at radius 3 is 2.50 bits per heavy atom. The first-order chi connectivity index (χ1) is 11.4. The summed E-state index contributed by atoms with van der Waals surface area (Å²) < 4.78 is 27.3. The van der Waals surface area contributed by atoms with Gasteiger partial charge in [-0.25, -0.2) is 13.9 Å². The molecule has 0 spiro atoms. The molecule has 0 bridgehead atoms. The zero-order valence-corrected chi connectivity index (χ0v) is 13.8. The van der Waals surface area contributed by atoms with Gasteiger partial charge in [-0.1, -0.05) is 11.8 Å². The maximum atomic E-state index is 12.4. The Balaban J connectivity index is 1.83. The van der Waals surface area contributed by atoms with E-state index in [1.165, 1.54) is 41.9 Å². The maximum absolute atomic E-state index is 12.4. The fourth-order valence-electron chi connectivity index (χ4n) is 2.24. The van der Waals surface area contributed by atoms with E-state index in [1.54, 1.807) is 6.07 Å². The molecule has 1 aliphatic rings. The number of thioether (sulfide) groups is 1. The minimum atomic E-state index is -3.81. The summed E-state index contributed by atoms with van der Waals surface area (Å²) in [5.74, 6) is -0.690. The van der Waals surface area contributed by atoms with Crippen molar-refractivity contribution >= 4 is 38.5 Å². The number of carbonyl (C=O) groups excluding carboxylic acids is 2. The predicted octanol–water partition coefficient (Wildman–Crippen LogP) is 1.78. The molecule has 0 saturated carbocycles. The summed E-state index contributed by atoms with van der Waals surface area (Å²) in [6, 6.07) is 10.1. The fourth-order valence-corrected chi connectivity index (χ4v) is 4.22. The van der Waals surface area contributed by atoms with Crippen LogP contribution in [-0.4, -0.2) is 24.6 Å². The van der Waals surface area contributed by atoms with Crippen molar-refractivity contribution in [2.45, 2.75) is 16.2 Å². The van der Waals surface area contributed by atoms with Gasteiger partial charge in [-0.2, -0.15) is 0 Å². The van der Waals surface area contributed by atoms with E-state index in [0.29, 0.717) is 5.56 Å². The first-order valence-electron chi connectivity index (χ1n) is 6.80. The van der Waals surface area contributed by atoms with E-state index in [4.69, 9.17) is 5.21 Å². The normalized spacial score (nSPS) is 13.5. The van der Waals surface area contributed by atoms with Crippen molar-refractivity contribution in [2.75, 3.05) is 4.72 Å². The second-order valence-electron chi connectivity index (χ2n) is 5.04. The van der Waals surface area contributed by atoms with E-state index in [1.807, 2.05) is 0 Å². The molecule has 2 aromatic carbocycles. The molecule has 1 aliphatic heterocycles. The van der Waals surface area contributed by atoms with Crippen molar-refractivity contribution in [2.24, 2.45) is 0 Å². The zero-order chi connectivity index (χ0) is 17.3. The molecule has 0 aromatic heterocycles. The largest absolute Gasteiger partial charge is 0.288 e. The highest BCUT2D eigenvalue weighted by Gasteiger charge is 2.23. The smallest absolute Gasteiger partial charge is 0.274 e. The van der Waals surface area contributed by atoms with Crippen LogP contribution < -0.4 is 10.2 Å². The number of benzene rings is 2. The van der Waals surface area contributed by atoms with E-state index >= 15 is 0 Å². The lowest BCUT2D eigenvalue weighted by atomic mass is 10.2. The number of hydrogen-bond donors (Lipinski definition) is 3. The lowest BCUT2D eigenvalue weighted by Crippen LogP contribution is -2.18. The number of hydroxylamine groups is 1. The fraction of sp³-hybridized carbons (Fsp3) is 0.0667. The summed E-state index contributed by atoms with van der Waals surface area (Å²) in [6.07, 6.45) is 0.217. The number of hydrogen-bond acceptors (Lipinski definition) is 6. The second-order valence-corrected chi connectivity index (χ2v) is 7.83. The van der Waals surface area contributed by atoms with Crippen LogP contribution in [0.4, 0.5) is 5.69 Å². The van der Waals surface area contributed by atoms with Gasteiger partial charge in [0.25, 0.3) is 15.9 Å². The van der Waals surface area contributed by atoms with Crippen LogP contribution in [0.5, 0.6) is 0 Å². The average molecular weight is 364 g/mol. The molecule has 1 heterocycles. The predicted molar refractivity (Wildman–Crippen MR) is 87.5 cm³/mol. The number of sulfonamides is 1. The van der Waals surface area contributed by atoms with Gasteiger partial charge in [0.15, 0.2) is 5.12 Å². The third kappa shape index (κ3) is 3.28. The van der Waals surface area contributed by atoms with Gasteiger partial charge in [-0.3, -0.25) is 19.5 Å². The van der Waals surface area contributed by atoms with Gasteiger partial charge in [-0.15, -0.1) is 0 Å². The number of fused-ring (bicyclic) bond motifs is 1. The molecule has 0 atom stereocenters. The summed E-state index contributed by atoms with van der Waals surface area (Å²) in [6.45, 7) is 0. The third-order valence-electron chi connectivity index (χ3n) is 3.40. The lowest BCUT2D eigenvalue weighted by Gasteiger charge is -2.09. The first kappa shape index (κ1) is 16.5. The lowest BCUT2D eigenvalue weighted by molar-refractivity contribution is -0.110. The van der Waals surface area contributed by atoms with Gasteiger partial charge < -0.3 is 0 Å². The van der Waals surface area contributed by atoms with Crippen LogP contribution in [0.3, 0.4) is 0 Å². The van der Waals surface area contributed by atoms with Crippen molar-refractivity contribution in [1.82, 2.24) is 5.48 Å². The van der Waals surface area contributed by atoms with Gasteiger partial charge in [0.1, 0.15) is 0 Å². The first-order valence-corrected chi connectivity index (χ1v) is 9.10. The molecule has 0 fully saturated rings. The molecule has 124 valence electrons. The van der Waals surface area contributed by atoms with E-state index in [9.17, 15) is 18.0 Å². The molecule has 0 unspecified atom stereocenters. The van der Waals surface area contributed by atoms with Gasteiger partial charge in [-0.05, 0) is 48.0 Å². The molecular formula is C15H12N2O5S2. The monoisotopic (exact) mass is 364 g/mol. The molecule has 1 amide bonds. The molecular weight excluding hydrogens is 352 g/mol. The summed E-state index contributed by atoms with van der Waals surface area (Å²) >= 11 is 1.11. The van der Waals surface area contributed by atoms with E-state index in [-0.39, 0.29) is 27.7 Å². The van der Waals surface area contributed by atoms with Crippen LogP contribution in [-0.2, 0) is 21.2 Å². The molecule has 0 aliphatic carbocycles. The minimum absolute atomic E-state index is 0.00902. The van der Waals surface area contributed by atoms with Gasteiger partial charge in [0.2, 0.25) is 0 Å². The molecule has 24 heavy (non-hydrogen) atoms. The van der Waals surface area contributed by atoms with E-state index < -0.39 is 15.9 Å². The Bertz CT molecular complexity index is 923. The topological polar surface area (TPSA) is 113 Å². The Morgan fingerprint density at radius 1 is 1.12 bits per heavy atom. The summed E-state index contributed by atoms with van der Waals surface area (Å²) in [5, 5.41) is 8.54. The Morgan fingerprint density at radius 2 is 1.83 bits per heavy atom. The molecule has 3 N–H and O–H groups in total. The maximum Gasteiger partial charge on any atom is 0.274 e. The van der Waals surface area contributed by atoms with Crippen LogP contribution in [0.1, 0.15) is 15.9 Å². The summed E-state index contributed by atoms with van der Waals surface area (Å²) in [5.41, 5.74) is 2.65. The molecule has 0 saturated heterocycles. The van der Waals surface area contributed by atoms with E-state index in [2.05, 4.69) is 4.72 Å². The number of anilines is 1. The molecule has 3 rings (SSSR count). The van der Waals surface area contributed by atoms with Crippen LogP contribution in [0.2, 0.25) is 0 Å². The highest BCUT2D eigenvalue weighted by atomic mass is 32.2. The summed E-state index contributed by atoms with van der Waals surface area (Å²) in [7, 11) is -3.81. The van der Waals surface area contributed by atoms with Gasteiger partial charge in [0.05, 0.1) is 4.90 Å². The summed E-state index contributed by atoms with van der Waals surface area (Å²) in [4.78, 5) is 23.5.